The summed E-state index contributed by atoms with van der Waals surface area (Å²) in [5.41, 5.74) is 11.7. The van der Waals surface area contributed by atoms with E-state index in [9.17, 15) is 28.8 Å². The molecule has 6 amide bonds. The highest BCUT2D eigenvalue weighted by Gasteiger charge is 2.36. The molecular weight excluding hydrogens is 663 g/mol. The number of carbonyl (C=O) groups excluding carboxylic acids is 6. The first-order chi connectivity index (χ1) is 21.5. The van der Waals surface area contributed by atoms with Crippen molar-refractivity contribution < 1.29 is 38.2 Å². The maximum absolute atomic E-state index is 13.4. The first-order valence-corrected chi connectivity index (χ1v) is 15.6. The minimum Gasteiger partial charge on any atom is -0.442 e. The van der Waals surface area contributed by atoms with Crippen molar-refractivity contribution in [2.45, 2.75) is 44.2 Å². The molecule has 3 heterocycles. The summed E-state index contributed by atoms with van der Waals surface area (Å²) < 4.78 is 11.1. The topological polar surface area (TPSA) is 195 Å². The smallest absolute Gasteiger partial charge is 0.414 e. The Bertz CT molecular complexity index is 1420. The van der Waals surface area contributed by atoms with Gasteiger partial charge >= 0.3 is 6.09 Å². The molecule has 5 N–H and O–H groups in total. The molecule has 0 unspecified atom stereocenters. The highest BCUT2D eigenvalue weighted by atomic mass is 35.5. The number of nitrogens with two attached hydrogens (primary N) is 2. The molecule has 2 atom stereocenters. The summed E-state index contributed by atoms with van der Waals surface area (Å²) in [6.07, 6.45) is -0.350. The van der Waals surface area contributed by atoms with E-state index in [1.807, 2.05) is 0 Å². The second-order valence-corrected chi connectivity index (χ2v) is 12.2. The molecule has 2 aromatic rings. The largest absolute Gasteiger partial charge is 0.442 e. The Morgan fingerprint density at radius 1 is 1.02 bits per heavy atom. The zero-order valence-corrected chi connectivity index (χ0v) is 27.2. The average molecular weight is 700 g/mol. The zero-order valence-electron chi connectivity index (χ0n) is 24.9. The van der Waals surface area contributed by atoms with Gasteiger partial charge in [0.1, 0.15) is 12.7 Å². The highest BCUT2D eigenvalue weighted by Crippen LogP contribution is 2.27. The number of nitrogens with one attached hydrogen (secondary N) is 1. The molecule has 1 aromatic carbocycles. The van der Waals surface area contributed by atoms with E-state index in [4.69, 9.17) is 32.5 Å². The Kier molecular flexibility index (Phi) is 13.8. The Morgan fingerprint density at radius 3 is 2.33 bits per heavy atom. The molecule has 1 aromatic heterocycles. The molecular formula is C29H36Cl2N6O8S. The lowest BCUT2D eigenvalue weighted by Crippen LogP contribution is -2.43. The van der Waals surface area contributed by atoms with Gasteiger partial charge in [-0.25, -0.2) is 4.79 Å². The molecule has 2 aliphatic heterocycles. The van der Waals surface area contributed by atoms with Gasteiger partial charge in [0, 0.05) is 30.8 Å². The fourth-order valence-electron chi connectivity index (χ4n) is 4.94. The van der Waals surface area contributed by atoms with Gasteiger partial charge in [-0.05, 0) is 62.2 Å². The Morgan fingerprint density at radius 2 is 1.72 bits per heavy atom. The van der Waals surface area contributed by atoms with E-state index in [0.29, 0.717) is 48.2 Å². The van der Waals surface area contributed by atoms with Crippen LogP contribution in [-0.2, 0) is 28.7 Å². The van der Waals surface area contributed by atoms with Crippen LogP contribution in [0.3, 0.4) is 0 Å². The lowest BCUT2D eigenvalue weighted by atomic mass is 10.1. The highest BCUT2D eigenvalue weighted by molar-refractivity contribution is 7.18. The van der Waals surface area contributed by atoms with Gasteiger partial charge in [-0.2, -0.15) is 0 Å². The average Bonchev–Trinajstić information content (AvgIpc) is 3.61. The number of benzene rings is 1. The summed E-state index contributed by atoms with van der Waals surface area (Å²) in [5.74, 6) is -2.31. The van der Waals surface area contributed by atoms with Crippen molar-refractivity contribution in [2.24, 2.45) is 11.5 Å². The van der Waals surface area contributed by atoms with Crippen molar-refractivity contribution >= 4 is 82.3 Å². The quantitative estimate of drug-likeness (QED) is 0.233. The van der Waals surface area contributed by atoms with Crippen LogP contribution in [0.1, 0.15) is 41.8 Å². The third kappa shape index (κ3) is 9.87. The summed E-state index contributed by atoms with van der Waals surface area (Å²) >= 11 is 7.07. The van der Waals surface area contributed by atoms with Crippen LogP contribution >= 0.6 is 35.3 Å². The second kappa shape index (κ2) is 17.2. The second-order valence-electron chi connectivity index (χ2n) is 10.5. The summed E-state index contributed by atoms with van der Waals surface area (Å²) in [6.45, 7) is 1.16. The number of thiophene rings is 1. The van der Waals surface area contributed by atoms with Gasteiger partial charge in [0.2, 0.25) is 17.7 Å². The standard InChI is InChI=1S/C29H35ClN6O8S.ClH/c30-23-10-9-22(45-23)28(41)36(25(38)3-1-2-12-33-21(27(32)40)8-11-24(31)37)16-20-15-35(29(42)44-20)19-6-4-18(5-7-19)34-13-14-43-17-26(34)39;/h4-7,9-10,20-21,33H,1-3,8,11-17H2,(H2,31,37)(H2,32,40);1H/t20-,21+;/m1./s1. The fraction of sp³-hybridized carbons (Fsp3) is 0.448. The van der Waals surface area contributed by atoms with Gasteiger partial charge in [0.05, 0.1) is 35.0 Å². The van der Waals surface area contributed by atoms with Crippen molar-refractivity contribution in [3.8, 4) is 0 Å². The van der Waals surface area contributed by atoms with Crippen LogP contribution in [0.5, 0.6) is 0 Å². The van der Waals surface area contributed by atoms with Crippen molar-refractivity contribution in [2.75, 3.05) is 49.2 Å². The minimum atomic E-state index is -0.787. The van der Waals surface area contributed by atoms with Gasteiger partial charge < -0.3 is 31.2 Å². The molecule has 17 heteroatoms. The number of imide groups is 1. The van der Waals surface area contributed by atoms with Gasteiger partial charge in [-0.15, -0.1) is 23.7 Å². The summed E-state index contributed by atoms with van der Waals surface area (Å²) in [7, 11) is 0. The Hall–Kier alpha value is -3.76. The van der Waals surface area contributed by atoms with Crippen molar-refractivity contribution in [3.05, 3.63) is 45.6 Å². The van der Waals surface area contributed by atoms with Crippen LogP contribution in [-0.4, -0.2) is 92.1 Å². The molecule has 0 spiro atoms. The van der Waals surface area contributed by atoms with Gasteiger partial charge in [-0.3, -0.25) is 33.8 Å². The SMILES string of the molecule is Cl.NC(=O)CC[C@H](NCCCCC(=O)N(C[C@H]1CN(c2ccc(N3CCOCC3=O)cc2)C(=O)O1)C(=O)c1ccc(Cl)s1)C(N)=O. The Balaban J connectivity index is 0.00000576. The number of unbranched alkanes of at least 4 members (excludes halogenated alkanes) is 1. The third-order valence-electron chi connectivity index (χ3n) is 7.28. The fourth-order valence-corrected chi connectivity index (χ4v) is 5.93. The molecule has 0 aliphatic carbocycles. The van der Waals surface area contributed by atoms with E-state index in [1.165, 1.54) is 11.0 Å². The lowest BCUT2D eigenvalue weighted by molar-refractivity contribution is -0.130. The van der Waals surface area contributed by atoms with E-state index in [0.717, 1.165) is 16.2 Å². The predicted molar refractivity (Wildman–Crippen MR) is 173 cm³/mol. The molecule has 250 valence electrons. The molecule has 2 saturated heterocycles. The number of hydrogen-bond acceptors (Lipinski definition) is 10. The van der Waals surface area contributed by atoms with Crippen LogP contribution in [0.2, 0.25) is 4.34 Å². The summed E-state index contributed by atoms with van der Waals surface area (Å²) in [5, 5.41) is 2.96. The molecule has 0 radical (unpaired) electrons. The maximum atomic E-state index is 13.4. The number of cyclic esters (lactones) is 1. The third-order valence-corrected chi connectivity index (χ3v) is 8.50. The Labute approximate surface area is 280 Å². The number of rotatable bonds is 15. The van der Waals surface area contributed by atoms with Crippen molar-refractivity contribution in [1.82, 2.24) is 10.2 Å². The molecule has 46 heavy (non-hydrogen) atoms. The number of carbonyl (C=O) groups is 6. The number of amides is 6. The number of ether oxygens (including phenoxy) is 2. The molecule has 2 fully saturated rings. The van der Waals surface area contributed by atoms with Crippen LogP contribution in [0.15, 0.2) is 36.4 Å². The van der Waals surface area contributed by atoms with Crippen LogP contribution in [0, 0.1) is 0 Å². The molecule has 0 saturated carbocycles. The van der Waals surface area contributed by atoms with Crippen molar-refractivity contribution in [1.29, 1.82) is 0 Å². The van der Waals surface area contributed by atoms with Crippen LogP contribution in [0.25, 0.3) is 0 Å². The van der Waals surface area contributed by atoms with Gasteiger partial charge in [0.15, 0.2) is 0 Å². The van der Waals surface area contributed by atoms with Crippen molar-refractivity contribution in [3.63, 3.8) is 0 Å². The van der Waals surface area contributed by atoms with E-state index < -0.39 is 41.9 Å². The summed E-state index contributed by atoms with van der Waals surface area (Å²) in [6, 6.07) is 9.24. The normalized spacial score (nSPS) is 16.8. The van der Waals surface area contributed by atoms with E-state index >= 15 is 0 Å². The number of morpholine rings is 1. The first-order valence-electron chi connectivity index (χ1n) is 14.4. The molecule has 0 bridgehead atoms. The van der Waals surface area contributed by atoms with E-state index in [1.54, 1.807) is 35.2 Å². The number of primary amides is 2. The summed E-state index contributed by atoms with van der Waals surface area (Å²) in [4.78, 5) is 78.7. The van der Waals surface area contributed by atoms with Gasteiger partial charge in [0.25, 0.3) is 11.8 Å². The minimum absolute atomic E-state index is 0. The predicted octanol–water partition coefficient (Wildman–Crippen LogP) is 2.06. The van der Waals surface area contributed by atoms with E-state index in [2.05, 4.69) is 5.32 Å². The lowest BCUT2D eigenvalue weighted by Gasteiger charge is -2.27. The monoisotopic (exact) mass is 698 g/mol. The zero-order chi connectivity index (χ0) is 32.5. The number of halogens is 2. The molecule has 2 aliphatic rings. The van der Waals surface area contributed by atoms with Gasteiger partial charge in [-0.1, -0.05) is 11.6 Å². The molecule has 4 rings (SSSR count). The van der Waals surface area contributed by atoms with Crippen LogP contribution < -0.4 is 26.6 Å². The van der Waals surface area contributed by atoms with E-state index in [-0.39, 0.29) is 62.2 Å². The molecule has 14 nitrogen and oxygen atoms in total. The van der Waals surface area contributed by atoms with Crippen LogP contribution in [0.4, 0.5) is 16.2 Å². The maximum Gasteiger partial charge on any atom is 0.414 e. The number of nitrogens with zero attached hydrogens (tertiary/aromatic N) is 3. The number of hydrogen-bond donors (Lipinski definition) is 3. The number of anilines is 2. The first kappa shape index (κ1) is 36.7.